The largest absolute Gasteiger partial charge is 0.383 e. The minimum absolute atomic E-state index is 0.135. The molecule has 1 heterocycles. The molecule has 1 saturated heterocycles. The van der Waals surface area contributed by atoms with Crippen LogP contribution in [0, 0.1) is 12.7 Å². The molecular weight excluding hydrogens is 309 g/mol. The molecule has 0 N–H and O–H groups in total. The summed E-state index contributed by atoms with van der Waals surface area (Å²) in [6, 6.07) is 4.28. The highest BCUT2D eigenvalue weighted by Crippen LogP contribution is 2.26. The smallest absolute Gasteiger partial charge is 0.218 e. The molecular formula is C15H22FNO4S. The second-order valence-corrected chi connectivity index (χ2v) is 7.53. The maximum Gasteiger partial charge on any atom is 0.218 e. The zero-order valence-electron chi connectivity index (χ0n) is 13.1. The van der Waals surface area contributed by atoms with Gasteiger partial charge in [0.1, 0.15) is 5.82 Å². The third-order valence-corrected chi connectivity index (χ3v) is 5.82. The highest BCUT2D eigenvalue weighted by Gasteiger charge is 2.39. The van der Waals surface area contributed by atoms with E-state index in [0.717, 1.165) is 0 Å². The minimum atomic E-state index is -3.55. The van der Waals surface area contributed by atoms with E-state index in [-0.39, 0.29) is 17.9 Å². The number of aryl methyl sites for hydroxylation is 1. The van der Waals surface area contributed by atoms with Gasteiger partial charge >= 0.3 is 0 Å². The molecule has 1 aromatic rings. The van der Waals surface area contributed by atoms with Gasteiger partial charge in [-0.2, -0.15) is 4.31 Å². The molecule has 0 aromatic heterocycles. The predicted octanol–water partition coefficient (Wildman–Crippen LogP) is 1.70. The van der Waals surface area contributed by atoms with Crippen molar-refractivity contribution in [1.29, 1.82) is 0 Å². The van der Waals surface area contributed by atoms with Crippen LogP contribution < -0.4 is 0 Å². The van der Waals surface area contributed by atoms with E-state index >= 15 is 0 Å². The number of ether oxygens (including phenoxy) is 2. The van der Waals surface area contributed by atoms with Crippen LogP contribution in [0.2, 0.25) is 0 Å². The van der Waals surface area contributed by atoms with Crippen molar-refractivity contribution in [2.75, 3.05) is 27.4 Å². The molecule has 0 radical (unpaired) electrons. The van der Waals surface area contributed by atoms with Crippen LogP contribution in [0.25, 0.3) is 0 Å². The number of halogens is 1. The summed E-state index contributed by atoms with van der Waals surface area (Å²) in [5, 5.41) is 0. The first-order chi connectivity index (χ1) is 10.4. The van der Waals surface area contributed by atoms with Gasteiger partial charge in [0.25, 0.3) is 0 Å². The second kappa shape index (κ2) is 7.04. The average molecular weight is 331 g/mol. The molecule has 7 heteroatoms. The minimum Gasteiger partial charge on any atom is -0.383 e. The fraction of sp³-hybridized carbons (Fsp3) is 0.600. The lowest BCUT2D eigenvalue weighted by Gasteiger charge is -2.23. The number of sulfonamides is 1. The Morgan fingerprint density at radius 3 is 2.68 bits per heavy atom. The van der Waals surface area contributed by atoms with Gasteiger partial charge in [-0.3, -0.25) is 0 Å². The third kappa shape index (κ3) is 3.84. The van der Waals surface area contributed by atoms with E-state index in [1.165, 1.54) is 10.4 Å². The van der Waals surface area contributed by atoms with Gasteiger partial charge in [0.15, 0.2) is 0 Å². The van der Waals surface area contributed by atoms with Crippen molar-refractivity contribution in [3.05, 3.63) is 35.1 Å². The Morgan fingerprint density at radius 1 is 1.36 bits per heavy atom. The number of methoxy groups -OCH3 is 2. The standard InChI is InChI=1S/C15H22FNO4S/c1-11-4-5-12(6-15(11)16)10-22(18,19)17-8-14(21-3)7-13(17)9-20-2/h4-6,13-14H,7-10H2,1-3H3/t13-,14+/m0/s1. The van der Waals surface area contributed by atoms with Crippen molar-refractivity contribution in [2.24, 2.45) is 0 Å². The summed E-state index contributed by atoms with van der Waals surface area (Å²) in [4.78, 5) is 0. The molecule has 1 aliphatic heterocycles. The van der Waals surface area contributed by atoms with Crippen LogP contribution in [-0.2, 0) is 25.2 Å². The Kier molecular flexibility index (Phi) is 5.55. The second-order valence-electron chi connectivity index (χ2n) is 5.61. The van der Waals surface area contributed by atoms with Gasteiger partial charge in [-0.25, -0.2) is 12.8 Å². The third-order valence-electron chi connectivity index (χ3n) is 3.96. The SMILES string of the molecule is COC[C@@H]1C[C@@H](OC)CN1S(=O)(=O)Cc1ccc(C)c(F)c1. The molecule has 0 unspecified atom stereocenters. The molecule has 1 fully saturated rings. The molecule has 2 rings (SSSR count). The lowest BCUT2D eigenvalue weighted by molar-refractivity contribution is 0.110. The Hall–Kier alpha value is -1.02. The topological polar surface area (TPSA) is 55.8 Å². The Balaban J connectivity index is 2.19. The molecule has 0 bridgehead atoms. The Labute approximate surface area is 131 Å². The van der Waals surface area contributed by atoms with Crippen LogP contribution in [0.1, 0.15) is 17.5 Å². The highest BCUT2D eigenvalue weighted by atomic mass is 32.2. The van der Waals surface area contributed by atoms with Crippen molar-refractivity contribution in [3.8, 4) is 0 Å². The van der Waals surface area contributed by atoms with E-state index in [1.54, 1.807) is 33.3 Å². The van der Waals surface area contributed by atoms with Gasteiger partial charge in [0.2, 0.25) is 10.0 Å². The molecule has 22 heavy (non-hydrogen) atoms. The van der Waals surface area contributed by atoms with Crippen LogP contribution in [0.5, 0.6) is 0 Å². The summed E-state index contributed by atoms with van der Waals surface area (Å²) in [6.45, 7) is 2.27. The van der Waals surface area contributed by atoms with Crippen LogP contribution >= 0.6 is 0 Å². The fourth-order valence-corrected chi connectivity index (χ4v) is 4.48. The molecule has 5 nitrogen and oxygen atoms in total. The monoisotopic (exact) mass is 331 g/mol. The van der Waals surface area contributed by atoms with Gasteiger partial charge in [0, 0.05) is 20.8 Å². The number of hydrogen-bond acceptors (Lipinski definition) is 4. The molecule has 1 aliphatic rings. The van der Waals surface area contributed by atoms with Gasteiger partial charge in [-0.05, 0) is 30.5 Å². The fourth-order valence-electron chi connectivity index (χ4n) is 2.72. The van der Waals surface area contributed by atoms with Crippen molar-refractivity contribution in [2.45, 2.75) is 31.2 Å². The summed E-state index contributed by atoms with van der Waals surface area (Å²) in [5.41, 5.74) is 0.944. The van der Waals surface area contributed by atoms with Crippen LogP contribution in [0.4, 0.5) is 4.39 Å². The van der Waals surface area contributed by atoms with Crippen molar-refractivity contribution >= 4 is 10.0 Å². The highest BCUT2D eigenvalue weighted by molar-refractivity contribution is 7.88. The zero-order valence-corrected chi connectivity index (χ0v) is 13.9. The molecule has 0 saturated carbocycles. The molecule has 0 aliphatic carbocycles. The summed E-state index contributed by atoms with van der Waals surface area (Å²) < 4.78 is 50.7. The number of nitrogens with zero attached hydrogens (tertiary/aromatic N) is 1. The van der Waals surface area contributed by atoms with E-state index in [0.29, 0.717) is 30.7 Å². The lowest BCUT2D eigenvalue weighted by Crippen LogP contribution is -2.39. The van der Waals surface area contributed by atoms with E-state index in [9.17, 15) is 12.8 Å². The lowest BCUT2D eigenvalue weighted by atomic mass is 10.2. The number of benzene rings is 1. The van der Waals surface area contributed by atoms with E-state index in [1.807, 2.05) is 0 Å². The summed E-state index contributed by atoms with van der Waals surface area (Å²) in [5.74, 6) is -0.613. The van der Waals surface area contributed by atoms with Crippen molar-refractivity contribution in [1.82, 2.24) is 4.31 Å². The summed E-state index contributed by atoms with van der Waals surface area (Å²) in [6.07, 6.45) is 0.468. The first-order valence-electron chi connectivity index (χ1n) is 7.13. The number of hydrogen-bond donors (Lipinski definition) is 0. The molecule has 124 valence electrons. The molecule has 2 atom stereocenters. The predicted molar refractivity (Wildman–Crippen MR) is 81.5 cm³/mol. The van der Waals surface area contributed by atoms with Crippen LogP contribution in [0.3, 0.4) is 0 Å². The molecule has 1 aromatic carbocycles. The first-order valence-corrected chi connectivity index (χ1v) is 8.74. The maximum atomic E-state index is 13.6. The van der Waals surface area contributed by atoms with Crippen LogP contribution in [-0.4, -0.2) is 52.2 Å². The zero-order chi connectivity index (χ0) is 16.3. The van der Waals surface area contributed by atoms with E-state index < -0.39 is 15.8 Å². The molecule has 0 amide bonds. The quantitative estimate of drug-likeness (QED) is 0.796. The van der Waals surface area contributed by atoms with Crippen molar-refractivity contribution in [3.63, 3.8) is 0 Å². The van der Waals surface area contributed by atoms with Crippen LogP contribution in [0.15, 0.2) is 18.2 Å². The number of rotatable bonds is 6. The van der Waals surface area contributed by atoms with Gasteiger partial charge < -0.3 is 9.47 Å². The maximum absolute atomic E-state index is 13.6. The molecule has 0 spiro atoms. The van der Waals surface area contributed by atoms with E-state index in [2.05, 4.69) is 0 Å². The Bertz CT molecular complexity index is 620. The van der Waals surface area contributed by atoms with E-state index in [4.69, 9.17) is 9.47 Å². The van der Waals surface area contributed by atoms with Crippen molar-refractivity contribution < 1.29 is 22.3 Å². The van der Waals surface area contributed by atoms with Gasteiger partial charge in [0.05, 0.1) is 24.5 Å². The summed E-state index contributed by atoms with van der Waals surface area (Å²) >= 11 is 0. The van der Waals surface area contributed by atoms with Gasteiger partial charge in [-0.15, -0.1) is 0 Å². The normalized spacial score (nSPS) is 23.1. The first kappa shape index (κ1) is 17.3. The summed E-state index contributed by atoms with van der Waals surface area (Å²) in [7, 11) is -0.439. The van der Waals surface area contributed by atoms with Gasteiger partial charge in [-0.1, -0.05) is 12.1 Å². The average Bonchev–Trinajstić information content (AvgIpc) is 2.87. The Morgan fingerprint density at radius 2 is 2.09 bits per heavy atom.